The lowest BCUT2D eigenvalue weighted by molar-refractivity contribution is 0.246. The minimum Gasteiger partial charge on any atom is -0.496 e. The Hall–Kier alpha value is -0.590. The Morgan fingerprint density at radius 1 is 1.40 bits per heavy atom. The Balaban J connectivity index is 2.38. The third-order valence-electron chi connectivity index (χ3n) is 3.77. The molecular formula is C14H20BrNO3S. The molecule has 1 unspecified atom stereocenters. The summed E-state index contributed by atoms with van der Waals surface area (Å²) in [6.07, 6.45) is 3.84. The molecule has 6 heteroatoms. The topological polar surface area (TPSA) is 46.6 Å². The molecular weight excluding hydrogens is 342 g/mol. The predicted octanol–water partition coefficient (Wildman–Crippen LogP) is 3.41. The molecule has 4 nitrogen and oxygen atoms in total. The Labute approximate surface area is 129 Å². The fraction of sp³-hybridized carbons (Fsp3) is 0.571. The van der Waals surface area contributed by atoms with E-state index in [2.05, 4.69) is 15.9 Å². The average molecular weight is 362 g/mol. The second-order valence-electron chi connectivity index (χ2n) is 4.97. The van der Waals surface area contributed by atoms with Crippen LogP contribution in [0.2, 0.25) is 0 Å². The van der Waals surface area contributed by atoms with Gasteiger partial charge in [0, 0.05) is 18.7 Å². The maximum absolute atomic E-state index is 12.8. The van der Waals surface area contributed by atoms with Gasteiger partial charge in [0.1, 0.15) is 5.75 Å². The zero-order chi connectivity index (χ0) is 14.8. The Morgan fingerprint density at radius 2 is 2.15 bits per heavy atom. The molecule has 1 aliphatic rings. The van der Waals surface area contributed by atoms with Gasteiger partial charge in [0.25, 0.3) is 0 Å². The highest BCUT2D eigenvalue weighted by Crippen LogP contribution is 2.31. The molecule has 1 aliphatic heterocycles. The zero-order valence-electron chi connectivity index (χ0n) is 11.8. The number of benzene rings is 1. The fourth-order valence-corrected chi connectivity index (χ4v) is 4.83. The number of ether oxygens (including phenoxy) is 1. The van der Waals surface area contributed by atoms with E-state index >= 15 is 0 Å². The predicted molar refractivity (Wildman–Crippen MR) is 82.5 cm³/mol. The SMILES string of the molecule is CCC1CCCCN1S(=O)(=O)c1ccc(Br)c(OC)c1. The second kappa shape index (κ2) is 6.45. The van der Waals surface area contributed by atoms with Gasteiger partial charge in [-0.05, 0) is 47.3 Å². The van der Waals surface area contributed by atoms with Crippen molar-refractivity contribution in [2.45, 2.75) is 43.5 Å². The lowest BCUT2D eigenvalue weighted by atomic mass is 10.0. The van der Waals surface area contributed by atoms with Crippen LogP contribution in [0.15, 0.2) is 27.6 Å². The maximum Gasteiger partial charge on any atom is 0.243 e. The summed E-state index contributed by atoms with van der Waals surface area (Å²) in [5.41, 5.74) is 0. The highest BCUT2D eigenvalue weighted by Gasteiger charge is 2.32. The number of rotatable bonds is 4. The van der Waals surface area contributed by atoms with Gasteiger partial charge in [-0.25, -0.2) is 8.42 Å². The molecule has 1 aromatic rings. The van der Waals surface area contributed by atoms with E-state index in [1.54, 1.807) is 22.5 Å². The lowest BCUT2D eigenvalue weighted by Gasteiger charge is -2.34. The van der Waals surface area contributed by atoms with E-state index in [4.69, 9.17) is 4.74 Å². The van der Waals surface area contributed by atoms with Gasteiger partial charge in [0.05, 0.1) is 16.5 Å². The van der Waals surface area contributed by atoms with Crippen LogP contribution in [-0.2, 0) is 10.0 Å². The first-order valence-corrected chi connectivity index (χ1v) is 9.09. The van der Waals surface area contributed by atoms with Crippen LogP contribution in [0.25, 0.3) is 0 Å². The van der Waals surface area contributed by atoms with E-state index in [9.17, 15) is 8.42 Å². The Morgan fingerprint density at radius 3 is 2.80 bits per heavy atom. The van der Waals surface area contributed by atoms with Crippen LogP contribution in [0.4, 0.5) is 0 Å². The molecule has 2 rings (SSSR count). The molecule has 1 atom stereocenters. The molecule has 0 bridgehead atoms. The first-order valence-electron chi connectivity index (χ1n) is 6.86. The van der Waals surface area contributed by atoms with Crippen LogP contribution >= 0.6 is 15.9 Å². The van der Waals surface area contributed by atoms with E-state index in [-0.39, 0.29) is 6.04 Å². The highest BCUT2D eigenvalue weighted by atomic mass is 79.9. The number of methoxy groups -OCH3 is 1. The van der Waals surface area contributed by atoms with Crippen molar-refractivity contribution < 1.29 is 13.2 Å². The minimum atomic E-state index is -3.44. The number of sulfonamides is 1. The van der Waals surface area contributed by atoms with Crippen molar-refractivity contribution in [3.8, 4) is 5.75 Å². The molecule has 0 amide bonds. The number of piperidine rings is 1. The van der Waals surface area contributed by atoms with Gasteiger partial charge in [-0.3, -0.25) is 0 Å². The van der Waals surface area contributed by atoms with Crippen molar-refractivity contribution in [3.05, 3.63) is 22.7 Å². The maximum atomic E-state index is 12.8. The molecule has 112 valence electrons. The summed E-state index contributed by atoms with van der Waals surface area (Å²) in [5.74, 6) is 0.538. The molecule has 0 aliphatic carbocycles. The first kappa shape index (κ1) is 15.8. The highest BCUT2D eigenvalue weighted by molar-refractivity contribution is 9.10. The van der Waals surface area contributed by atoms with Crippen LogP contribution in [0.1, 0.15) is 32.6 Å². The van der Waals surface area contributed by atoms with Crippen LogP contribution < -0.4 is 4.74 Å². The number of hydrogen-bond donors (Lipinski definition) is 0. The van der Waals surface area contributed by atoms with Crippen molar-refractivity contribution in [1.29, 1.82) is 0 Å². The summed E-state index contributed by atoms with van der Waals surface area (Å²) in [7, 11) is -1.91. The molecule has 1 heterocycles. The number of nitrogens with zero attached hydrogens (tertiary/aromatic N) is 1. The van der Waals surface area contributed by atoms with Crippen LogP contribution in [0.5, 0.6) is 5.75 Å². The van der Waals surface area contributed by atoms with Gasteiger partial charge in [-0.15, -0.1) is 0 Å². The van der Waals surface area contributed by atoms with E-state index in [1.165, 1.54) is 7.11 Å². The standard InChI is InChI=1S/C14H20BrNO3S/c1-3-11-6-4-5-9-16(11)20(17,18)12-7-8-13(15)14(10-12)19-2/h7-8,10-11H,3-6,9H2,1-2H3. The molecule has 1 aromatic carbocycles. The van der Waals surface area contributed by atoms with E-state index < -0.39 is 10.0 Å². The third-order valence-corrected chi connectivity index (χ3v) is 6.38. The number of hydrogen-bond acceptors (Lipinski definition) is 3. The summed E-state index contributed by atoms with van der Waals surface area (Å²) in [6.45, 7) is 2.65. The molecule has 1 saturated heterocycles. The largest absolute Gasteiger partial charge is 0.496 e. The van der Waals surface area contributed by atoms with Crippen LogP contribution in [0.3, 0.4) is 0 Å². The van der Waals surface area contributed by atoms with Crippen molar-refractivity contribution in [3.63, 3.8) is 0 Å². The smallest absolute Gasteiger partial charge is 0.243 e. The van der Waals surface area contributed by atoms with Gasteiger partial charge >= 0.3 is 0 Å². The first-order chi connectivity index (χ1) is 9.50. The van der Waals surface area contributed by atoms with Crippen molar-refractivity contribution in [2.75, 3.05) is 13.7 Å². The molecule has 0 radical (unpaired) electrons. The quantitative estimate of drug-likeness (QED) is 0.825. The minimum absolute atomic E-state index is 0.114. The van der Waals surface area contributed by atoms with Gasteiger partial charge in [-0.2, -0.15) is 4.31 Å². The summed E-state index contributed by atoms with van der Waals surface area (Å²) in [4.78, 5) is 0.304. The summed E-state index contributed by atoms with van der Waals surface area (Å²) in [5, 5.41) is 0. The number of halogens is 1. The zero-order valence-corrected chi connectivity index (χ0v) is 14.2. The fourth-order valence-electron chi connectivity index (χ4n) is 2.63. The second-order valence-corrected chi connectivity index (χ2v) is 7.71. The van der Waals surface area contributed by atoms with Crippen molar-refractivity contribution in [2.24, 2.45) is 0 Å². The normalized spacial score (nSPS) is 20.9. The molecule has 0 saturated carbocycles. The van der Waals surface area contributed by atoms with E-state index in [0.29, 0.717) is 17.2 Å². The Bertz CT molecular complexity index is 574. The molecule has 20 heavy (non-hydrogen) atoms. The van der Waals surface area contributed by atoms with E-state index in [0.717, 1.165) is 30.2 Å². The van der Waals surface area contributed by atoms with Crippen molar-refractivity contribution >= 4 is 26.0 Å². The van der Waals surface area contributed by atoms with E-state index in [1.807, 2.05) is 6.92 Å². The molecule has 0 N–H and O–H groups in total. The van der Waals surface area contributed by atoms with Gasteiger partial charge in [-0.1, -0.05) is 13.3 Å². The summed E-state index contributed by atoms with van der Waals surface area (Å²) in [6, 6.07) is 5.05. The lowest BCUT2D eigenvalue weighted by Crippen LogP contribution is -2.43. The molecule has 1 fully saturated rings. The van der Waals surface area contributed by atoms with Crippen LogP contribution in [-0.4, -0.2) is 32.4 Å². The molecule has 0 spiro atoms. The average Bonchev–Trinajstić information content (AvgIpc) is 2.47. The van der Waals surface area contributed by atoms with Crippen LogP contribution in [0, 0.1) is 0 Å². The van der Waals surface area contributed by atoms with Gasteiger partial charge in [0.15, 0.2) is 0 Å². The van der Waals surface area contributed by atoms with Gasteiger partial charge in [0.2, 0.25) is 10.0 Å². The summed E-state index contributed by atoms with van der Waals surface area (Å²) < 4.78 is 33.2. The Kier molecular flexibility index (Phi) is 5.09. The van der Waals surface area contributed by atoms with Gasteiger partial charge < -0.3 is 4.74 Å². The summed E-state index contributed by atoms with van der Waals surface area (Å²) >= 11 is 3.35. The van der Waals surface area contributed by atoms with Crippen molar-refractivity contribution in [1.82, 2.24) is 4.31 Å². The molecule has 0 aromatic heterocycles. The monoisotopic (exact) mass is 361 g/mol. The third kappa shape index (κ3) is 3.02.